The summed E-state index contributed by atoms with van der Waals surface area (Å²) in [7, 11) is 1.59. The lowest BCUT2D eigenvalue weighted by atomic mass is 10.0. The first-order chi connectivity index (χ1) is 13.1. The molecule has 0 bridgehead atoms. The average molecular weight is 368 g/mol. The van der Waals surface area contributed by atoms with Crippen molar-refractivity contribution in [2.75, 3.05) is 32.1 Å². The van der Waals surface area contributed by atoms with E-state index in [2.05, 4.69) is 37.4 Å². The highest BCUT2D eigenvalue weighted by Crippen LogP contribution is 2.26. The molecule has 144 valence electrons. The number of benzene rings is 2. The first-order valence-corrected chi connectivity index (χ1v) is 9.44. The Hall–Kier alpha value is -2.69. The number of aryl methyl sites for hydroxylation is 2. The van der Waals surface area contributed by atoms with Crippen LogP contribution in [0.4, 0.5) is 5.69 Å². The Morgan fingerprint density at radius 3 is 2.67 bits per heavy atom. The van der Waals surface area contributed by atoms with Gasteiger partial charge in [0.25, 0.3) is 5.91 Å². The molecule has 1 aliphatic heterocycles. The van der Waals surface area contributed by atoms with Crippen LogP contribution in [-0.2, 0) is 4.79 Å². The topological polar surface area (TPSA) is 50.8 Å². The van der Waals surface area contributed by atoms with Gasteiger partial charge in [0.15, 0.2) is 18.1 Å². The highest BCUT2D eigenvalue weighted by atomic mass is 16.5. The maximum Gasteiger partial charge on any atom is 0.260 e. The van der Waals surface area contributed by atoms with Crippen LogP contribution in [0.2, 0.25) is 0 Å². The molecule has 5 nitrogen and oxygen atoms in total. The van der Waals surface area contributed by atoms with E-state index in [1.54, 1.807) is 7.11 Å². The molecule has 0 saturated carbocycles. The van der Waals surface area contributed by atoms with Crippen molar-refractivity contribution in [3.63, 3.8) is 0 Å². The number of ether oxygens (including phenoxy) is 2. The number of para-hydroxylation sites is 2. The molecule has 2 aromatic carbocycles. The van der Waals surface area contributed by atoms with E-state index in [4.69, 9.17) is 9.47 Å². The van der Waals surface area contributed by atoms with Gasteiger partial charge in [0.1, 0.15) is 0 Å². The molecule has 0 aromatic heterocycles. The first kappa shape index (κ1) is 19.1. The monoisotopic (exact) mass is 368 g/mol. The minimum atomic E-state index is 0.00694. The van der Waals surface area contributed by atoms with Crippen LogP contribution in [0, 0.1) is 13.8 Å². The fourth-order valence-electron chi connectivity index (χ4n) is 3.36. The summed E-state index contributed by atoms with van der Waals surface area (Å²) in [5.41, 5.74) is 3.67. The Morgan fingerprint density at radius 1 is 1.15 bits per heavy atom. The molecular formula is C22H28N2O3. The van der Waals surface area contributed by atoms with E-state index < -0.39 is 0 Å². The van der Waals surface area contributed by atoms with Crippen molar-refractivity contribution in [1.82, 2.24) is 4.90 Å². The van der Waals surface area contributed by atoms with Crippen LogP contribution in [0.5, 0.6) is 11.5 Å². The summed E-state index contributed by atoms with van der Waals surface area (Å²) in [6.07, 6.45) is 2.05. The molecule has 0 spiro atoms. The molecule has 1 aliphatic rings. The van der Waals surface area contributed by atoms with Crippen molar-refractivity contribution >= 4 is 11.6 Å². The summed E-state index contributed by atoms with van der Waals surface area (Å²) >= 11 is 0. The predicted molar refractivity (Wildman–Crippen MR) is 108 cm³/mol. The number of likely N-dealkylation sites (tertiary alicyclic amines) is 1. The number of nitrogens with zero attached hydrogens (tertiary/aromatic N) is 1. The number of piperidine rings is 1. The maximum atomic E-state index is 12.6. The molecule has 1 heterocycles. The molecule has 1 saturated heterocycles. The van der Waals surface area contributed by atoms with Crippen LogP contribution in [0.15, 0.2) is 42.5 Å². The Kier molecular flexibility index (Phi) is 6.22. The lowest BCUT2D eigenvalue weighted by molar-refractivity contribution is -0.134. The summed E-state index contributed by atoms with van der Waals surface area (Å²) in [6, 6.07) is 14.0. The lowest BCUT2D eigenvalue weighted by Crippen LogP contribution is -2.46. The summed E-state index contributed by atoms with van der Waals surface area (Å²) in [4.78, 5) is 14.5. The number of anilines is 1. The summed E-state index contributed by atoms with van der Waals surface area (Å²) in [6.45, 7) is 5.73. The van der Waals surface area contributed by atoms with Crippen molar-refractivity contribution in [1.29, 1.82) is 0 Å². The average Bonchev–Trinajstić information content (AvgIpc) is 2.69. The molecule has 1 fully saturated rings. The molecule has 2 aromatic rings. The third-order valence-corrected chi connectivity index (χ3v) is 5.07. The van der Waals surface area contributed by atoms with E-state index in [-0.39, 0.29) is 18.6 Å². The quantitative estimate of drug-likeness (QED) is 0.843. The van der Waals surface area contributed by atoms with E-state index >= 15 is 0 Å². The van der Waals surface area contributed by atoms with Gasteiger partial charge in [-0.2, -0.15) is 0 Å². The molecule has 5 heteroatoms. The summed E-state index contributed by atoms with van der Waals surface area (Å²) < 4.78 is 11.0. The highest BCUT2D eigenvalue weighted by Gasteiger charge is 2.24. The number of amides is 1. The van der Waals surface area contributed by atoms with Gasteiger partial charge in [-0.25, -0.2) is 0 Å². The largest absolute Gasteiger partial charge is 0.493 e. The van der Waals surface area contributed by atoms with E-state index in [0.29, 0.717) is 18.0 Å². The second-order valence-electron chi connectivity index (χ2n) is 7.06. The zero-order valence-electron chi connectivity index (χ0n) is 16.3. The predicted octanol–water partition coefficient (Wildman–Crippen LogP) is 3.79. The molecule has 0 radical (unpaired) electrons. The number of carbonyl (C=O) groups excluding carboxylic acids is 1. The van der Waals surface area contributed by atoms with Gasteiger partial charge >= 0.3 is 0 Å². The Balaban J connectivity index is 1.55. The normalized spacial score (nSPS) is 16.7. The van der Waals surface area contributed by atoms with E-state index in [1.807, 2.05) is 29.2 Å². The smallest absolute Gasteiger partial charge is 0.260 e. The molecule has 3 rings (SSSR count). The van der Waals surface area contributed by atoms with Crippen LogP contribution < -0.4 is 14.8 Å². The molecule has 0 aliphatic carbocycles. The summed E-state index contributed by atoms with van der Waals surface area (Å²) in [5, 5.41) is 3.57. The van der Waals surface area contributed by atoms with Crippen molar-refractivity contribution in [3.05, 3.63) is 53.6 Å². The van der Waals surface area contributed by atoms with Gasteiger partial charge in [0.05, 0.1) is 7.11 Å². The van der Waals surface area contributed by atoms with Gasteiger partial charge in [-0.3, -0.25) is 4.79 Å². The number of methoxy groups -OCH3 is 1. The molecule has 1 amide bonds. The fraction of sp³-hybridized carbons (Fsp3) is 0.409. The van der Waals surface area contributed by atoms with Gasteiger partial charge in [-0.1, -0.05) is 18.2 Å². The van der Waals surface area contributed by atoms with Crippen LogP contribution >= 0.6 is 0 Å². The Morgan fingerprint density at radius 2 is 1.93 bits per heavy atom. The molecular weight excluding hydrogens is 340 g/mol. The number of carbonyl (C=O) groups is 1. The number of hydrogen-bond donors (Lipinski definition) is 1. The van der Waals surface area contributed by atoms with Crippen molar-refractivity contribution in [3.8, 4) is 11.5 Å². The maximum absolute atomic E-state index is 12.6. The Labute approximate surface area is 161 Å². The molecule has 1 N–H and O–H groups in total. The second kappa shape index (κ2) is 8.80. The molecule has 0 unspecified atom stereocenters. The zero-order valence-corrected chi connectivity index (χ0v) is 16.3. The molecule has 1 atom stereocenters. The standard InChI is InChI=1S/C22H28N2O3/c1-16-10-11-18(13-17(16)2)23-19-7-6-12-24(14-19)22(25)15-27-21-9-5-4-8-20(21)26-3/h4-5,8-11,13,19,23H,6-7,12,14-15H2,1-3H3/t19-/m1/s1. The minimum absolute atomic E-state index is 0.00694. The summed E-state index contributed by atoms with van der Waals surface area (Å²) in [5.74, 6) is 1.24. The van der Waals surface area contributed by atoms with E-state index in [0.717, 1.165) is 25.1 Å². The molecule has 27 heavy (non-hydrogen) atoms. The zero-order chi connectivity index (χ0) is 19.2. The van der Waals surface area contributed by atoms with Crippen molar-refractivity contribution < 1.29 is 14.3 Å². The van der Waals surface area contributed by atoms with E-state index in [9.17, 15) is 4.79 Å². The first-order valence-electron chi connectivity index (χ1n) is 9.44. The van der Waals surface area contributed by atoms with Crippen LogP contribution in [0.3, 0.4) is 0 Å². The SMILES string of the molecule is COc1ccccc1OCC(=O)N1CCC[C@@H](Nc2ccc(C)c(C)c2)C1. The number of hydrogen-bond acceptors (Lipinski definition) is 4. The van der Waals surface area contributed by atoms with Crippen LogP contribution in [0.1, 0.15) is 24.0 Å². The minimum Gasteiger partial charge on any atom is -0.493 e. The fourth-order valence-corrected chi connectivity index (χ4v) is 3.36. The van der Waals surface area contributed by atoms with Crippen LogP contribution in [0.25, 0.3) is 0 Å². The van der Waals surface area contributed by atoms with Crippen molar-refractivity contribution in [2.24, 2.45) is 0 Å². The van der Waals surface area contributed by atoms with Gasteiger partial charge in [-0.15, -0.1) is 0 Å². The number of rotatable bonds is 6. The van der Waals surface area contributed by atoms with Crippen molar-refractivity contribution in [2.45, 2.75) is 32.7 Å². The van der Waals surface area contributed by atoms with Crippen LogP contribution in [-0.4, -0.2) is 43.7 Å². The van der Waals surface area contributed by atoms with E-state index in [1.165, 1.54) is 11.1 Å². The number of nitrogens with one attached hydrogen (secondary N) is 1. The lowest BCUT2D eigenvalue weighted by Gasteiger charge is -2.33. The third-order valence-electron chi connectivity index (χ3n) is 5.07. The highest BCUT2D eigenvalue weighted by molar-refractivity contribution is 5.78. The Bertz CT molecular complexity index is 791. The third kappa shape index (κ3) is 4.94. The van der Waals surface area contributed by atoms with Gasteiger partial charge in [0, 0.05) is 24.8 Å². The van der Waals surface area contributed by atoms with Gasteiger partial charge < -0.3 is 19.7 Å². The second-order valence-corrected chi connectivity index (χ2v) is 7.06. The van der Waals surface area contributed by atoms with Gasteiger partial charge in [-0.05, 0) is 62.1 Å². The van der Waals surface area contributed by atoms with Gasteiger partial charge in [0.2, 0.25) is 0 Å².